The van der Waals surface area contributed by atoms with E-state index in [1.165, 1.54) is 0 Å². The van der Waals surface area contributed by atoms with Crippen LogP contribution < -0.4 is 5.73 Å². The smallest absolute Gasteiger partial charge is 0.123 e. The van der Waals surface area contributed by atoms with Crippen molar-refractivity contribution in [2.45, 2.75) is 9.79 Å². The van der Waals surface area contributed by atoms with Crippen LogP contribution in [0.15, 0.2) is 58.3 Å². The summed E-state index contributed by atoms with van der Waals surface area (Å²) in [5, 5.41) is 8.23. The number of hydrogen-bond acceptors (Lipinski definition) is 2. The summed E-state index contributed by atoms with van der Waals surface area (Å²) in [4.78, 5) is 1.99. The maximum atomic E-state index is 7.52. The third-order valence-electron chi connectivity index (χ3n) is 2.20. The summed E-state index contributed by atoms with van der Waals surface area (Å²) in [5.41, 5.74) is 6.29. The van der Waals surface area contributed by atoms with E-state index in [0.29, 0.717) is 5.02 Å². The van der Waals surface area contributed by atoms with Crippen LogP contribution in [0.4, 0.5) is 0 Å². The quantitative estimate of drug-likeness (QED) is 0.653. The zero-order chi connectivity index (χ0) is 12.3. The van der Waals surface area contributed by atoms with E-state index in [9.17, 15) is 0 Å². The van der Waals surface area contributed by atoms with Crippen molar-refractivity contribution in [1.29, 1.82) is 5.41 Å². The van der Waals surface area contributed by atoms with Crippen LogP contribution in [0.2, 0.25) is 5.02 Å². The number of amidine groups is 1. The molecule has 2 aromatic rings. The Kier molecular flexibility index (Phi) is 3.71. The third kappa shape index (κ3) is 3.02. The van der Waals surface area contributed by atoms with E-state index in [4.69, 9.17) is 22.7 Å². The first kappa shape index (κ1) is 12.0. The molecule has 2 nitrogen and oxygen atoms in total. The Bertz CT molecular complexity index is 555. The number of rotatable bonds is 3. The Morgan fingerprint density at radius 2 is 1.88 bits per heavy atom. The number of nitrogens with one attached hydrogen (secondary N) is 1. The van der Waals surface area contributed by atoms with Gasteiger partial charge in [-0.2, -0.15) is 0 Å². The molecule has 2 aromatic carbocycles. The minimum atomic E-state index is 0.0788. The lowest BCUT2D eigenvalue weighted by Crippen LogP contribution is -2.11. The van der Waals surface area contributed by atoms with Gasteiger partial charge in [-0.3, -0.25) is 5.41 Å². The highest BCUT2D eigenvalue weighted by Gasteiger charge is 2.06. The Labute approximate surface area is 109 Å². The molecule has 86 valence electrons. The van der Waals surface area contributed by atoms with Gasteiger partial charge >= 0.3 is 0 Å². The molecule has 0 fully saturated rings. The molecule has 0 unspecified atom stereocenters. The van der Waals surface area contributed by atoms with E-state index in [-0.39, 0.29) is 5.84 Å². The predicted octanol–water partition coefficient (Wildman–Crippen LogP) is 3.78. The van der Waals surface area contributed by atoms with Gasteiger partial charge in [0.15, 0.2) is 0 Å². The molecule has 0 aliphatic carbocycles. The highest BCUT2D eigenvalue weighted by molar-refractivity contribution is 7.99. The van der Waals surface area contributed by atoms with Gasteiger partial charge in [-0.05, 0) is 24.3 Å². The van der Waals surface area contributed by atoms with Crippen molar-refractivity contribution in [2.24, 2.45) is 5.73 Å². The summed E-state index contributed by atoms with van der Waals surface area (Å²) in [6, 6.07) is 15.2. The van der Waals surface area contributed by atoms with Gasteiger partial charge in [0.25, 0.3) is 0 Å². The van der Waals surface area contributed by atoms with Crippen LogP contribution in [0.3, 0.4) is 0 Å². The van der Waals surface area contributed by atoms with E-state index < -0.39 is 0 Å². The topological polar surface area (TPSA) is 49.9 Å². The highest BCUT2D eigenvalue weighted by atomic mass is 35.5. The predicted molar refractivity (Wildman–Crippen MR) is 73.0 cm³/mol. The molecule has 0 heterocycles. The second kappa shape index (κ2) is 5.25. The van der Waals surface area contributed by atoms with Gasteiger partial charge in [0.05, 0.1) is 0 Å². The molecule has 0 saturated carbocycles. The normalized spacial score (nSPS) is 10.2. The summed E-state index contributed by atoms with van der Waals surface area (Å²) in [5.74, 6) is 0.0788. The SMILES string of the molecule is N=C(N)c1ccccc1Sc1cccc(Cl)c1. The monoisotopic (exact) mass is 262 g/mol. The first-order chi connectivity index (χ1) is 8.16. The standard InChI is InChI=1S/C13H11ClN2S/c14-9-4-3-5-10(8-9)17-12-7-2-1-6-11(12)13(15)16/h1-8H,(H3,15,16). The lowest BCUT2D eigenvalue weighted by Gasteiger charge is -2.07. The van der Waals surface area contributed by atoms with Crippen LogP contribution in [0.1, 0.15) is 5.56 Å². The van der Waals surface area contributed by atoms with E-state index >= 15 is 0 Å². The second-order valence-electron chi connectivity index (χ2n) is 3.47. The summed E-state index contributed by atoms with van der Waals surface area (Å²) in [6.45, 7) is 0. The molecule has 0 bridgehead atoms. The minimum Gasteiger partial charge on any atom is -0.384 e. The molecule has 0 aliphatic heterocycles. The molecule has 3 N–H and O–H groups in total. The maximum absolute atomic E-state index is 7.52. The summed E-state index contributed by atoms with van der Waals surface area (Å²) >= 11 is 7.48. The molecule has 0 atom stereocenters. The number of hydrogen-bond donors (Lipinski definition) is 2. The van der Waals surface area contributed by atoms with E-state index in [0.717, 1.165) is 15.4 Å². The fraction of sp³-hybridized carbons (Fsp3) is 0. The molecular formula is C13H11ClN2S. The third-order valence-corrected chi connectivity index (χ3v) is 3.50. The van der Waals surface area contributed by atoms with E-state index in [1.54, 1.807) is 11.8 Å². The summed E-state index contributed by atoms with van der Waals surface area (Å²) in [7, 11) is 0. The van der Waals surface area contributed by atoms with Gasteiger partial charge in [-0.1, -0.05) is 47.6 Å². The molecule has 0 saturated heterocycles. The van der Waals surface area contributed by atoms with Crippen molar-refractivity contribution >= 4 is 29.2 Å². The van der Waals surface area contributed by atoms with Gasteiger partial charge < -0.3 is 5.73 Å². The molecule has 0 radical (unpaired) electrons. The van der Waals surface area contributed by atoms with Crippen LogP contribution in [-0.4, -0.2) is 5.84 Å². The average molecular weight is 263 g/mol. The fourth-order valence-corrected chi connectivity index (χ4v) is 2.71. The van der Waals surface area contributed by atoms with Crippen LogP contribution in [0.25, 0.3) is 0 Å². The minimum absolute atomic E-state index is 0.0788. The summed E-state index contributed by atoms with van der Waals surface area (Å²) in [6.07, 6.45) is 0. The van der Waals surface area contributed by atoms with Crippen LogP contribution >= 0.6 is 23.4 Å². The fourth-order valence-electron chi connectivity index (χ4n) is 1.44. The molecule has 0 spiro atoms. The lowest BCUT2D eigenvalue weighted by atomic mass is 10.2. The largest absolute Gasteiger partial charge is 0.384 e. The Balaban J connectivity index is 2.33. The van der Waals surface area contributed by atoms with Crippen LogP contribution in [0, 0.1) is 5.41 Å². The van der Waals surface area contributed by atoms with Crippen molar-refractivity contribution in [1.82, 2.24) is 0 Å². The number of nitrogens with two attached hydrogens (primary N) is 1. The first-order valence-corrected chi connectivity index (χ1v) is 6.23. The molecule has 0 aromatic heterocycles. The number of nitrogen functional groups attached to an aromatic ring is 1. The number of benzene rings is 2. The Morgan fingerprint density at radius 1 is 1.12 bits per heavy atom. The van der Waals surface area contributed by atoms with Crippen molar-refractivity contribution < 1.29 is 0 Å². The van der Waals surface area contributed by atoms with E-state index in [2.05, 4.69) is 0 Å². The second-order valence-corrected chi connectivity index (χ2v) is 5.02. The van der Waals surface area contributed by atoms with Crippen LogP contribution in [-0.2, 0) is 0 Å². The molecular weight excluding hydrogens is 252 g/mol. The Morgan fingerprint density at radius 3 is 2.59 bits per heavy atom. The van der Waals surface area contributed by atoms with Gasteiger partial charge in [0.1, 0.15) is 5.84 Å². The lowest BCUT2D eigenvalue weighted by molar-refractivity contribution is 1.33. The zero-order valence-electron chi connectivity index (χ0n) is 8.98. The zero-order valence-corrected chi connectivity index (χ0v) is 10.6. The summed E-state index contributed by atoms with van der Waals surface area (Å²) < 4.78 is 0. The van der Waals surface area contributed by atoms with Crippen molar-refractivity contribution in [3.8, 4) is 0 Å². The molecule has 0 aliphatic rings. The maximum Gasteiger partial charge on any atom is 0.123 e. The highest BCUT2D eigenvalue weighted by Crippen LogP contribution is 2.31. The van der Waals surface area contributed by atoms with Gasteiger partial charge in [0, 0.05) is 20.4 Å². The average Bonchev–Trinajstić information content (AvgIpc) is 2.29. The van der Waals surface area contributed by atoms with Crippen molar-refractivity contribution in [3.63, 3.8) is 0 Å². The molecule has 0 amide bonds. The van der Waals surface area contributed by atoms with Gasteiger partial charge in [0.2, 0.25) is 0 Å². The van der Waals surface area contributed by atoms with Crippen molar-refractivity contribution in [3.05, 3.63) is 59.1 Å². The van der Waals surface area contributed by atoms with E-state index in [1.807, 2.05) is 48.5 Å². The molecule has 2 rings (SSSR count). The van der Waals surface area contributed by atoms with Gasteiger partial charge in [-0.15, -0.1) is 0 Å². The van der Waals surface area contributed by atoms with Crippen molar-refractivity contribution in [2.75, 3.05) is 0 Å². The number of halogens is 1. The van der Waals surface area contributed by atoms with Gasteiger partial charge in [-0.25, -0.2) is 0 Å². The Hall–Kier alpha value is -1.45. The van der Waals surface area contributed by atoms with Crippen LogP contribution in [0.5, 0.6) is 0 Å². The molecule has 17 heavy (non-hydrogen) atoms. The molecule has 4 heteroatoms. The first-order valence-electron chi connectivity index (χ1n) is 5.03.